The summed E-state index contributed by atoms with van der Waals surface area (Å²) in [6, 6.07) is 0. The maximum atomic E-state index is 11.4. The van der Waals surface area contributed by atoms with Crippen molar-refractivity contribution >= 4 is 18.0 Å². The van der Waals surface area contributed by atoms with Gasteiger partial charge in [0.15, 0.2) is 0 Å². The van der Waals surface area contributed by atoms with Crippen molar-refractivity contribution in [3.05, 3.63) is 0 Å². The number of nitrogens with one attached hydrogen (secondary N) is 1. The summed E-state index contributed by atoms with van der Waals surface area (Å²) in [5, 5.41) is 10.8. The van der Waals surface area contributed by atoms with Crippen molar-refractivity contribution in [2.75, 3.05) is 26.2 Å². The number of hydrogen-bond donors (Lipinski definition) is 2. The zero-order valence-corrected chi connectivity index (χ0v) is 10.9. The Morgan fingerprint density at radius 1 is 1.33 bits per heavy atom. The largest absolute Gasteiger partial charge is 0.481 e. The molecule has 2 amide bonds. The Morgan fingerprint density at radius 2 is 1.94 bits per heavy atom. The van der Waals surface area contributed by atoms with Crippen molar-refractivity contribution in [1.82, 2.24) is 10.2 Å². The monoisotopic (exact) mass is 260 g/mol. The number of rotatable bonds is 7. The van der Waals surface area contributed by atoms with Crippen LogP contribution < -0.4 is 5.32 Å². The second-order valence-electron chi connectivity index (χ2n) is 3.84. The minimum absolute atomic E-state index is 0.0348. The molecule has 0 aliphatic heterocycles. The zero-order valence-electron chi connectivity index (χ0n) is 10.9. The number of amides is 2. The van der Waals surface area contributed by atoms with E-state index in [4.69, 9.17) is 5.11 Å². The molecule has 104 valence electrons. The lowest BCUT2D eigenvalue weighted by molar-refractivity contribution is -0.142. The molecule has 0 saturated carbocycles. The summed E-state index contributed by atoms with van der Waals surface area (Å²) < 4.78 is 4.56. The summed E-state index contributed by atoms with van der Waals surface area (Å²) in [6.45, 7) is 5.94. The molecule has 0 aromatic carbocycles. The summed E-state index contributed by atoms with van der Waals surface area (Å²) in [5.74, 6) is -1.99. The van der Waals surface area contributed by atoms with Gasteiger partial charge in [0.05, 0.1) is 19.1 Å². The summed E-state index contributed by atoms with van der Waals surface area (Å²) in [6.07, 6.45) is -0.787. The molecule has 0 spiro atoms. The summed E-state index contributed by atoms with van der Waals surface area (Å²) in [7, 11) is 0. The lowest BCUT2D eigenvalue weighted by Crippen LogP contribution is -2.42. The van der Waals surface area contributed by atoms with Crippen LogP contribution in [0, 0.1) is 5.92 Å². The minimum Gasteiger partial charge on any atom is -0.481 e. The first-order valence-corrected chi connectivity index (χ1v) is 5.82. The molecule has 7 nitrogen and oxygen atoms in total. The fourth-order valence-corrected chi connectivity index (χ4v) is 1.29. The molecule has 0 aromatic rings. The Labute approximate surface area is 106 Å². The van der Waals surface area contributed by atoms with Crippen LogP contribution >= 0.6 is 0 Å². The summed E-state index contributed by atoms with van der Waals surface area (Å²) in [4.78, 5) is 34.8. The lowest BCUT2D eigenvalue weighted by atomic mass is 10.1. The van der Waals surface area contributed by atoms with Gasteiger partial charge in [0.25, 0.3) is 0 Å². The van der Waals surface area contributed by atoms with Crippen LogP contribution in [-0.2, 0) is 14.3 Å². The molecule has 0 saturated heterocycles. The molecule has 0 bridgehead atoms. The Balaban J connectivity index is 4.16. The number of aliphatic carboxylic acids is 1. The van der Waals surface area contributed by atoms with E-state index in [0.717, 1.165) is 0 Å². The fourth-order valence-electron chi connectivity index (χ4n) is 1.29. The van der Waals surface area contributed by atoms with Crippen molar-refractivity contribution in [1.29, 1.82) is 0 Å². The second-order valence-corrected chi connectivity index (χ2v) is 3.84. The molecule has 0 aromatic heterocycles. The molecular weight excluding hydrogens is 240 g/mol. The minimum atomic E-state index is -0.917. The Hall–Kier alpha value is -1.63. The number of likely N-dealkylation sites (N-methyl/N-ethyl adjacent to an activating group) is 1. The van der Waals surface area contributed by atoms with Crippen LogP contribution in [-0.4, -0.2) is 54.2 Å². The van der Waals surface area contributed by atoms with Gasteiger partial charge in [0, 0.05) is 6.54 Å². The van der Waals surface area contributed by atoms with Gasteiger partial charge in [-0.3, -0.25) is 19.8 Å². The summed E-state index contributed by atoms with van der Waals surface area (Å²) in [5.41, 5.74) is 0. The predicted octanol–water partition coefficient (Wildman–Crippen LogP) is 0.302. The van der Waals surface area contributed by atoms with Crippen LogP contribution in [0.25, 0.3) is 0 Å². The molecule has 0 fully saturated rings. The quantitative estimate of drug-likeness (QED) is 0.683. The van der Waals surface area contributed by atoms with Gasteiger partial charge in [-0.1, -0.05) is 13.8 Å². The first kappa shape index (κ1) is 16.4. The smallest absolute Gasteiger partial charge is 0.413 e. The van der Waals surface area contributed by atoms with Crippen LogP contribution in [0.3, 0.4) is 0 Å². The predicted molar refractivity (Wildman–Crippen MR) is 64.1 cm³/mol. The van der Waals surface area contributed by atoms with E-state index in [9.17, 15) is 14.4 Å². The SMILES string of the molecule is CCOC(=O)NC(=O)CN(CC)CC(C)C(=O)O. The van der Waals surface area contributed by atoms with Gasteiger partial charge < -0.3 is 9.84 Å². The average molecular weight is 260 g/mol. The highest BCUT2D eigenvalue weighted by atomic mass is 16.5. The van der Waals surface area contributed by atoms with Crippen molar-refractivity contribution in [3.8, 4) is 0 Å². The molecule has 1 atom stereocenters. The highest BCUT2D eigenvalue weighted by molar-refractivity contribution is 5.92. The first-order chi connectivity index (χ1) is 8.40. The van der Waals surface area contributed by atoms with E-state index in [1.165, 1.54) is 0 Å². The van der Waals surface area contributed by atoms with Crippen molar-refractivity contribution in [2.45, 2.75) is 20.8 Å². The molecule has 7 heteroatoms. The highest BCUT2D eigenvalue weighted by Gasteiger charge is 2.18. The third-order valence-corrected chi connectivity index (χ3v) is 2.28. The number of alkyl carbamates (subject to hydrolysis) is 1. The third kappa shape index (κ3) is 6.85. The number of carbonyl (C=O) groups excluding carboxylic acids is 2. The van der Waals surface area contributed by atoms with E-state index < -0.39 is 23.9 Å². The van der Waals surface area contributed by atoms with Gasteiger partial charge in [-0.25, -0.2) is 4.79 Å². The number of carboxylic acids is 1. The van der Waals surface area contributed by atoms with E-state index in [2.05, 4.69) is 10.1 Å². The number of hydrogen-bond acceptors (Lipinski definition) is 5. The number of carbonyl (C=O) groups is 3. The zero-order chi connectivity index (χ0) is 14.1. The fraction of sp³-hybridized carbons (Fsp3) is 0.727. The van der Waals surface area contributed by atoms with Gasteiger partial charge in [-0.2, -0.15) is 0 Å². The Bertz CT molecular complexity index is 306. The maximum absolute atomic E-state index is 11.4. The number of carboxylic acid groups (broad SMARTS) is 1. The van der Waals surface area contributed by atoms with Crippen molar-refractivity contribution in [3.63, 3.8) is 0 Å². The third-order valence-electron chi connectivity index (χ3n) is 2.28. The maximum Gasteiger partial charge on any atom is 0.413 e. The molecule has 0 heterocycles. The summed E-state index contributed by atoms with van der Waals surface area (Å²) >= 11 is 0. The van der Waals surface area contributed by atoms with Gasteiger partial charge in [0.1, 0.15) is 0 Å². The molecule has 2 N–H and O–H groups in total. The standard InChI is InChI=1S/C11H20N2O5/c1-4-13(6-8(3)10(15)16)7-9(14)12-11(17)18-5-2/h8H,4-7H2,1-3H3,(H,15,16)(H,12,14,17). The molecule has 0 rings (SSSR count). The topological polar surface area (TPSA) is 95.9 Å². The van der Waals surface area contributed by atoms with Gasteiger partial charge >= 0.3 is 12.1 Å². The normalized spacial score (nSPS) is 12.0. The Kier molecular flexibility index (Phi) is 7.69. The van der Waals surface area contributed by atoms with E-state index in [-0.39, 0.29) is 19.7 Å². The molecule has 0 radical (unpaired) electrons. The van der Waals surface area contributed by atoms with E-state index in [1.807, 2.05) is 6.92 Å². The molecule has 0 aliphatic rings. The van der Waals surface area contributed by atoms with Gasteiger partial charge in [-0.05, 0) is 13.5 Å². The molecular formula is C11H20N2O5. The first-order valence-electron chi connectivity index (χ1n) is 5.82. The van der Waals surface area contributed by atoms with Crippen molar-refractivity contribution in [2.24, 2.45) is 5.92 Å². The number of imide groups is 1. The van der Waals surface area contributed by atoms with Crippen LogP contribution in [0.4, 0.5) is 4.79 Å². The van der Waals surface area contributed by atoms with Crippen LogP contribution in [0.5, 0.6) is 0 Å². The molecule has 0 aliphatic carbocycles. The van der Waals surface area contributed by atoms with Gasteiger partial charge in [0.2, 0.25) is 5.91 Å². The van der Waals surface area contributed by atoms with Gasteiger partial charge in [-0.15, -0.1) is 0 Å². The average Bonchev–Trinajstić information content (AvgIpc) is 2.27. The van der Waals surface area contributed by atoms with E-state index >= 15 is 0 Å². The highest BCUT2D eigenvalue weighted by Crippen LogP contribution is 1.99. The van der Waals surface area contributed by atoms with Crippen LogP contribution in [0.2, 0.25) is 0 Å². The lowest BCUT2D eigenvalue weighted by Gasteiger charge is -2.21. The second kappa shape index (κ2) is 8.46. The van der Waals surface area contributed by atoms with E-state index in [0.29, 0.717) is 6.54 Å². The number of ether oxygens (including phenoxy) is 1. The molecule has 1 unspecified atom stereocenters. The molecule has 18 heavy (non-hydrogen) atoms. The van der Waals surface area contributed by atoms with Crippen LogP contribution in [0.15, 0.2) is 0 Å². The van der Waals surface area contributed by atoms with E-state index in [1.54, 1.807) is 18.7 Å². The number of nitrogens with zero attached hydrogens (tertiary/aromatic N) is 1. The van der Waals surface area contributed by atoms with Crippen molar-refractivity contribution < 1.29 is 24.2 Å². The Morgan fingerprint density at radius 3 is 2.39 bits per heavy atom. The van der Waals surface area contributed by atoms with Crippen LogP contribution in [0.1, 0.15) is 20.8 Å².